The second kappa shape index (κ2) is 5.64. The maximum atomic E-state index is 12.1. The highest BCUT2D eigenvalue weighted by Crippen LogP contribution is 2.33. The molecule has 5 heteroatoms. The van der Waals surface area contributed by atoms with Gasteiger partial charge in [-0.05, 0) is 30.5 Å². The lowest BCUT2D eigenvalue weighted by atomic mass is 10.1. The predicted molar refractivity (Wildman–Crippen MR) is 88.0 cm³/mol. The minimum Gasteiger partial charge on any atom is -0.349 e. The Kier molecular flexibility index (Phi) is 3.85. The number of aryl methyl sites for hydroxylation is 1. The highest BCUT2D eigenvalue weighted by molar-refractivity contribution is 7.22. The Morgan fingerprint density at radius 1 is 1.48 bits per heavy atom. The molecule has 1 fully saturated rings. The highest BCUT2D eigenvalue weighted by atomic mass is 32.1. The molecular formula is C16H21N3OS. The lowest BCUT2D eigenvalue weighted by molar-refractivity contribution is -0.132. The summed E-state index contributed by atoms with van der Waals surface area (Å²) in [4.78, 5) is 20.7. The molecule has 1 aliphatic rings. The first-order valence-corrected chi connectivity index (χ1v) is 8.25. The molecule has 112 valence electrons. The van der Waals surface area contributed by atoms with Gasteiger partial charge in [0.1, 0.15) is 0 Å². The number of thiazole rings is 1. The van der Waals surface area contributed by atoms with Gasteiger partial charge < -0.3 is 9.80 Å². The molecule has 0 bridgehead atoms. The number of hydrogen-bond donors (Lipinski definition) is 0. The number of anilines is 1. The van der Waals surface area contributed by atoms with E-state index < -0.39 is 0 Å². The number of rotatable bonds is 3. The van der Waals surface area contributed by atoms with Crippen LogP contribution in [0.4, 0.5) is 5.13 Å². The highest BCUT2D eigenvalue weighted by Gasteiger charge is 2.30. The van der Waals surface area contributed by atoms with Gasteiger partial charge in [-0.1, -0.05) is 24.3 Å². The summed E-state index contributed by atoms with van der Waals surface area (Å²) in [6, 6.07) is 6.48. The van der Waals surface area contributed by atoms with Crippen LogP contribution < -0.4 is 4.90 Å². The van der Waals surface area contributed by atoms with Gasteiger partial charge in [0.15, 0.2) is 5.13 Å². The van der Waals surface area contributed by atoms with Crippen LogP contribution in [0.25, 0.3) is 10.2 Å². The van der Waals surface area contributed by atoms with E-state index in [1.165, 1.54) is 10.3 Å². The molecule has 1 saturated heterocycles. The number of aromatic nitrogens is 1. The molecule has 0 spiro atoms. The molecule has 0 saturated carbocycles. The molecule has 0 N–H and O–H groups in total. The van der Waals surface area contributed by atoms with Crippen molar-refractivity contribution in [2.24, 2.45) is 5.92 Å². The fourth-order valence-electron chi connectivity index (χ4n) is 2.81. The van der Waals surface area contributed by atoms with Gasteiger partial charge in [-0.2, -0.15) is 0 Å². The first-order valence-electron chi connectivity index (χ1n) is 7.44. The fourth-order valence-corrected chi connectivity index (χ4v) is 3.88. The Labute approximate surface area is 129 Å². The molecule has 21 heavy (non-hydrogen) atoms. The Morgan fingerprint density at radius 3 is 3.00 bits per heavy atom. The SMILES string of the molecule is CCc1ccc2nc(N3CCC(C(=O)N(C)C)C3)sc2c1. The van der Waals surface area contributed by atoms with Crippen molar-refractivity contribution in [2.45, 2.75) is 19.8 Å². The molecule has 4 nitrogen and oxygen atoms in total. The van der Waals surface area contributed by atoms with Gasteiger partial charge in [0.2, 0.25) is 5.91 Å². The van der Waals surface area contributed by atoms with Crippen LogP contribution in [0, 0.1) is 5.92 Å². The van der Waals surface area contributed by atoms with E-state index in [4.69, 9.17) is 4.98 Å². The first kappa shape index (κ1) is 14.3. The third kappa shape index (κ3) is 2.75. The molecule has 1 unspecified atom stereocenters. The second-order valence-corrected chi connectivity index (χ2v) is 6.83. The lowest BCUT2D eigenvalue weighted by Gasteiger charge is -2.17. The molecule has 2 heterocycles. The Hall–Kier alpha value is -1.62. The third-order valence-corrected chi connectivity index (χ3v) is 5.18. The van der Waals surface area contributed by atoms with Crippen LogP contribution in [0.2, 0.25) is 0 Å². The van der Waals surface area contributed by atoms with Crippen molar-refractivity contribution < 1.29 is 4.79 Å². The van der Waals surface area contributed by atoms with E-state index in [0.717, 1.165) is 36.6 Å². The van der Waals surface area contributed by atoms with Crippen LogP contribution >= 0.6 is 11.3 Å². The quantitative estimate of drug-likeness (QED) is 0.875. The minimum absolute atomic E-state index is 0.109. The van der Waals surface area contributed by atoms with E-state index in [0.29, 0.717) is 0 Å². The summed E-state index contributed by atoms with van der Waals surface area (Å²) in [5.41, 5.74) is 2.41. The summed E-state index contributed by atoms with van der Waals surface area (Å²) in [7, 11) is 3.66. The molecule has 0 radical (unpaired) electrons. The van der Waals surface area contributed by atoms with Crippen molar-refractivity contribution in [3.8, 4) is 0 Å². The van der Waals surface area contributed by atoms with E-state index in [1.54, 1.807) is 16.2 Å². The fraction of sp³-hybridized carbons (Fsp3) is 0.500. The number of hydrogen-bond acceptors (Lipinski definition) is 4. The van der Waals surface area contributed by atoms with Crippen molar-refractivity contribution in [3.63, 3.8) is 0 Å². The molecule has 1 aliphatic heterocycles. The second-order valence-electron chi connectivity index (χ2n) is 5.82. The van der Waals surface area contributed by atoms with E-state index in [1.807, 2.05) is 14.1 Å². The van der Waals surface area contributed by atoms with Gasteiger partial charge in [-0.3, -0.25) is 4.79 Å². The number of carbonyl (C=O) groups excluding carboxylic acids is 1. The zero-order valence-electron chi connectivity index (χ0n) is 12.8. The maximum absolute atomic E-state index is 12.1. The molecular weight excluding hydrogens is 282 g/mol. The standard InChI is InChI=1S/C16H21N3OS/c1-4-11-5-6-13-14(9-11)21-16(17-13)19-8-7-12(10-19)15(20)18(2)3/h5-6,9,12H,4,7-8,10H2,1-3H3. The summed E-state index contributed by atoms with van der Waals surface area (Å²) in [5.74, 6) is 0.338. The molecule has 2 aromatic rings. The summed E-state index contributed by atoms with van der Waals surface area (Å²) >= 11 is 1.74. The van der Waals surface area contributed by atoms with Crippen molar-refractivity contribution in [1.82, 2.24) is 9.88 Å². The van der Waals surface area contributed by atoms with Gasteiger partial charge in [0.05, 0.1) is 16.1 Å². The summed E-state index contributed by atoms with van der Waals surface area (Å²) in [5, 5.41) is 1.05. The van der Waals surface area contributed by atoms with Gasteiger partial charge in [0.25, 0.3) is 0 Å². The Morgan fingerprint density at radius 2 is 2.29 bits per heavy atom. The van der Waals surface area contributed by atoms with E-state index in [2.05, 4.69) is 30.0 Å². The lowest BCUT2D eigenvalue weighted by Crippen LogP contribution is -2.31. The van der Waals surface area contributed by atoms with E-state index in [-0.39, 0.29) is 11.8 Å². The largest absolute Gasteiger partial charge is 0.349 e. The summed E-state index contributed by atoms with van der Waals surface area (Å²) < 4.78 is 1.24. The predicted octanol–water partition coefficient (Wildman–Crippen LogP) is 2.77. The number of carbonyl (C=O) groups is 1. The topological polar surface area (TPSA) is 36.4 Å². The summed E-state index contributed by atoms with van der Waals surface area (Å²) in [6.07, 6.45) is 1.97. The molecule has 3 rings (SSSR count). The Bertz CT molecular complexity index is 665. The zero-order chi connectivity index (χ0) is 15.0. The van der Waals surface area contributed by atoms with Gasteiger partial charge in [-0.25, -0.2) is 4.98 Å². The third-order valence-electron chi connectivity index (χ3n) is 4.10. The van der Waals surface area contributed by atoms with Crippen LogP contribution in [0.15, 0.2) is 18.2 Å². The van der Waals surface area contributed by atoms with Gasteiger partial charge >= 0.3 is 0 Å². The normalized spacial score (nSPS) is 18.4. The first-order chi connectivity index (χ1) is 10.1. The maximum Gasteiger partial charge on any atom is 0.227 e. The van der Waals surface area contributed by atoms with Crippen LogP contribution in [0.1, 0.15) is 18.9 Å². The number of amides is 1. The van der Waals surface area contributed by atoms with Crippen molar-refractivity contribution in [2.75, 3.05) is 32.1 Å². The smallest absolute Gasteiger partial charge is 0.227 e. The Balaban J connectivity index is 1.80. The average Bonchev–Trinajstić information content (AvgIpc) is 3.11. The minimum atomic E-state index is 0.109. The molecule has 0 aliphatic carbocycles. The van der Waals surface area contributed by atoms with Crippen LogP contribution in [0.5, 0.6) is 0 Å². The number of benzene rings is 1. The van der Waals surface area contributed by atoms with Gasteiger partial charge in [-0.15, -0.1) is 0 Å². The molecule has 1 aromatic heterocycles. The number of nitrogens with zero attached hydrogens (tertiary/aromatic N) is 3. The van der Waals surface area contributed by atoms with E-state index >= 15 is 0 Å². The monoisotopic (exact) mass is 303 g/mol. The van der Waals surface area contributed by atoms with Gasteiger partial charge in [0, 0.05) is 27.2 Å². The average molecular weight is 303 g/mol. The van der Waals surface area contributed by atoms with Crippen molar-refractivity contribution in [3.05, 3.63) is 23.8 Å². The molecule has 1 atom stereocenters. The van der Waals surface area contributed by atoms with Crippen LogP contribution in [-0.2, 0) is 11.2 Å². The number of fused-ring (bicyclic) bond motifs is 1. The summed E-state index contributed by atoms with van der Waals surface area (Å²) in [6.45, 7) is 3.88. The molecule has 1 aromatic carbocycles. The van der Waals surface area contributed by atoms with Crippen molar-refractivity contribution in [1.29, 1.82) is 0 Å². The zero-order valence-corrected chi connectivity index (χ0v) is 13.6. The molecule has 1 amide bonds. The van der Waals surface area contributed by atoms with Crippen LogP contribution in [-0.4, -0.2) is 43.0 Å². The van der Waals surface area contributed by atoms with Crippen molar-refractivity contribution >= 4 is 32.6 Å². The van der Waals surface area contributed by atoms with E-state index in [9.17, 15) is 4.79 Å². The van der Waals surface area contributed by atoms with Crippen LogP contribution in [0.3, 0.4) is 0 Å².